The van der Waals surface area contributed by atoms with Crippen LogP contribution in [0.2, 0.25) is 0 Å². The second-order valence-corrected chi connectivity index (χ2v) is 7.62. The largest absolute Gasteiger partial charge is 0.389 e. The molecule has 3 aliphatic heterocycles. The fourth-order valence-electron chi connectivity index (χ4n) is 4.20. The highest BCUT2D eigenvalue weighted by molar-refractivity contribution is 5.77. The van der Waals surface area contributed by atoms with Crippen LogP contribution in [-0.4, -0.2) is 66.6 Å². The highest BCUT2D eigenvalue weighted by atomic mass is 16.5. The number of hydrogen-bond acceptors (Lipinski definition) is 5. The molecule has 2 N–H and O–H groups in total. The first-order chi connectivity index (χ1) is 12.7. The van der Waals surface area contributed by atoms with Gasteiger partial charge in [0.15, 0.2) is 0 Å². The van der Waals surface area contributed by atoms with Gasteiger partial charge in [0.1, 0.15) is 0 Å². The monoisotopic (exact) mass is 360 g/mol. The lowest BCUT2D eigenvalue weighted by Crippen LogP contribution is -2.54. The Labute approximate surface area is 154 Å². The zero-order chi connectivity index (χ0) is 17.9. The summed E-state index contributed by atoms with van der Waals surface area (Å²) < 4.78 is 11.7. The van der Waals surface area contributed by atoms with Crippen molar-refractivity contribution in [3.8, 4) is 0 Å². The van der Waals surface area contributed by atoms with E-state index in [1.165, 1.54) is 11.1 Å². The predicted octanol–water partition coefficient (Wildman–Crippen LogP) is 0.858. The van der Waals surface area contributed by atoms with E-state index < -0.39 is 6.10 Å². The molecule has 4 rings (SSSR count). The number of nitrogens with one attached hydrogen (secondary N) is 1. The summed E-state index contributed by atoms with van der Waals surface area (Å²) in [6, 6.07) is 8.56. The second kappa shape index (κ2) is 8.05. The van der Waals surface area contributed by atoms with Gasteiger partial charge in [-0.15, -0.1) is 0 Å². The standard InChI is InChI=1S/C20H28N2O4/c23-16-10-21-18-6-5-17(26-19(18)13-25-12-16)9-20(24)22-8-7-14-3-1-2-4-15(14)11-22/h1-4,16-19,21,23H,5-13H2/t16-,17-,18-,19+/m0/s1. The molecule has 3 aliphatic rings. The number of aliphatic hydroxyl groups is 1. The van der Waals surface area contributed by atoms with Crippen LogP contribution >= 0.6 is 0 Å². The number of carbonyl (C=O) groups is 1. The van der Waals surface area contributed by atoms with Crippen molar-refractivity contribution in [3.05, 3.63) is 35.4 Å². The van der Waals surface area contributed by atoms with E-state index in [1.54, 1.807) is 0 Å². The van der Waals surface area contributed by atoms with E-state index in [0.717, 1.165) is 25.8 Å². The first-order valence-electron chi connectivity index (χ1n) is 9.68. The Morgan fingerprint density at radius 1 is 1.23 bits per heavy atom. The summed E-state index contributed by atoms with van der Waals surface area (Å²) in [6.45, 7) is 2.82. The van der Waals surface area contributed by atoms with Gasteiger partial charge in [-0.05, 0) is 30.4 Å². The first kappa shape index (κ1) is 17.9. The summed E-state index contributed by atoms with van der Waals surface area (Å²) >= 11 is 0. The van der Waals surface area contributed by atoms with E-state index in [4.69, 9.17) is 9.47 Å². The third-order valence-electron chi connectivity index (χ3n) is 5.71. The van der Waals surface area contributed by atoms with Gasteiger partial charge in [-0.3, -0.25) is 4.79 Å². The molecule has 0 radical (unpaired) electrons. The molecule has 0 aliphatic carbocycles. The summed E-state index contributed by atoms with van der Waals surface area (Å²) in [5, 5.41) is 13.1. The number of hydrogen-bond donors (Lipinski definition) is 2. The first-order valence-corrected chi connectivity index (χ1v) is 9.68. The van der Waals surface area contributed by atoms with Gasteiger partial charge in [0, 0.05) is 25.7 Å². The van der Waals surface area contributed by atoms with Gasteiger partial charge in [0.05, 0.1) is 37.9 Å². The van der Waals surface area contributed by atoms with E-state index in [-0.39, 0.29) is 24.2 Å². The fraction of sp³-hybridized carbons (Fsp3) is 0.650. The number of β-amino-alcohol motifs (C(OH)–C–C–N with tert-alkyl or cyclic N) is 1. The molecule has 6 nitrogen and oxygen atoms in total. The number of nitrogens with zero attached hydrogens (tertiary/aromatic N) is 1. The van der Waals surface area contributed by atoms with Crippen LogP contribution in [0.4, 0.5) is 0 Å². The number of benzene rings is 1. The maximum Gasteiger partial charge on any atom is 0.225 e. The average molecular weight is 360 g/mol. The molecule has 6 heteroatoms. The van der Waals surface area contributed by atoms with Crippen LogP contribution in [0.5, 0.6) is 0 Å². The minimum absolute atomic E-state index is 0.0452. The highest BCUT2D eigenvalue weighted by Gasteiger charge is 2.34. The number of aliphatic hydroxyl groups excluding tert-OH is 1. The van der Waals surface area contributed by atoms with Gasteiger partial charge in [-0.2, -0.15) is 0 Å². The van der Waals surface area contributed by atoms with Crippen LogP contribution in [0.1, 0.15) is 30.4 Å². The molecular weight excluding hydrogens is 332 g/mol. The molecule has 0 spiro atoms. The van der Waals surface area contributed by atoms with Crippen molar-refractivity contribution >= 4 is 5.91 Å². The Morgan fingerprint density at radius 2 is 2.08 bits per heavy atom. The highest BCUT2D eigenvalue weighted by Crippen LogP contribution is 2.25. The third-order valence-corrected chi connectivity index (χ3v) is 5.71. The molecule has 4 atom stereocenters. The summed E-state index contributed by atoms with van der Waals surface area (Å²) in [5.41, 5.74) is 2.61. The van der Waals surface area contributed by atoms with Gasteiger partial charge < -0.3 is 24.8 Å². The Balaban J connectivity index is 1.31. The van der Waals surface area contributed by atoms with Gasteiger partial charge >= 0.3 is 0 Å². The molecule has 1 aromatic carbocycles. The van der Waals surface area contributed by atoms with E-state index in [0.29, 0.717) is 32.7 Å². The van der Waals surface area contributed by atoms with Crippen LogP contribution < -0.4 is 5.32 Å². The molecular formula is C20H28N2O4. The Morgan fingerprint density at radius 3 is 2.96 bits per heavy atom. The minimum Gasteiger partial charge on any atom is -0.389 e. The molecule has 26 heavy (non-hydrogen) atoms. The molecule has 0 saturated carbocycles. The SMILES string of the molecule is O=C(C[C@@H]1CC[C@@H]2NC[C@H](O)COC[C@H]2O1)N1CCc2ccccc2C1. The van der Waals surface area contributed by atoms with E-state index in [1.807, 2.05) is 11.0 Å². The topological polar surface area (TPSA) is 71.0 Å². The van der Waals surface area contributed by atoms with Crippen molar-refractivity contribution in [2.45, 2.75) is 56.6 Å². The van der Waals surface area contributed by atoms with Gasteiger partial charge in [0.25, 0.3) is 0 Å². The Bertz CT molecular complexity index is 638. The maximum atomic E-state index is 12.8. The van der Waals surface area contributed by atoms with Crippen molar-refractivity contribution in [3.63, 3.8) is 0 Å². The molecule has 0 aromatic heterocycles. The van der Waals surface area contributed by atoms with E-state index in [2.05, 4.69) is 23.5 Å². The molecule has 2 fully saturated rings. The van der Waals surface area contributed by atoms with Crippen molar-refractivity contribution < 1.29 is 19.4 Å². The lowest BCUT2D eigenvalue weighted by Gasteiger charge is -2.39. The molecule has 1 amide bonds. The third kappa shape index (κ3) is 4.09. The maximum absolute atomic E-state index is 12.8. The summed E-state index contributed by atoms with van der Waals surface area (Å²) in [7, 11) is 0. The van der Waals surface area contributed by atoms with Gasteiger partial charge in [0.2, 0.25) is 5.91 Å². The van der Waals surface area contributed by atoms with Crippen molar-refractivity contribution in [1.82, 2.24) is 10.2 Å². The van der Waals surface area contributed by atoms with Crippen LogP contribution in [0.3, 0.4) is 0 Å². The van der Waals surface area contributed by atoms with Crippen LogP contribution in [0.25, 0.3) is 0 Å². The quantitative estimate of drug-likeness (QED) is 0.819. The smallest absolute Gasteiger partial charge is 0.225 e. The van der Waals surface area contributed by atoms with Crippen molar-refractivity contribution in [2.24, 2.45) is 0 Å². The van der Waals surface area contributed by atoms with E-state index >= 15 is 0 Å². The van der Waals surface area contributed by atoms with Crippen LogP contribution in [-0.2, 0) is 27.2 Å². The van der Waals surface area contributed by atoms with E-state index in [9.17, 15) is 9.90 Å². The van der Waals surface area contributed by atoms with Crippen molar-refractivity contribution in [1.29, 1.82) is 0 Å². The van der Waals surface area contributed by atoms with Crippen LogP contribution in [0, 0.1) is 0 Å². The Kier molecular flexibility index (Phi) is 5.55. The average Bonchev–Trinajstić information content (AvgIpc) is 2.65. The van der Waals surface area contributed by atoms with Crippen LogP contribution in [0.15, 0.2) is 24.3 Å². The molecule has 1 aromatic rings. The Hall–Kier alpha value is -1.47. The number of rotatable bonds is 2. The van der Waals surface area contributed by atoms with Crippen molar-refractivity contribution in [2.75, 3.05) is 26.3 Å². The molecule has 0 unspecified atom stereocenters. The normalized spacial score (nSPS) is 32.1. The van der Waals surface area contributed by atoms with Gasteiger partial charge in [-0.25, -0.2) is 0 Å². The lowest BCUT2D eigenvalue weighted by atomic mass is 9.95. The summed E-state index contributed by atoms with van der Waals surface area (Å²) in [4.78, 5) is 14.7. The zero-order valence-electron chi connectivity index (χ0n) is 15.1. The minimum atomic E-state index is -0.461. The summed E-state index contributed by atoms with van der Waals surface area (Å²) in [5.74, 6) is 0.179. The lowest BCUT2D eigenvalue weighted by molar-refractivity contribution is -0.145. The molecule has 0 bridgehead atoms. The zero-order valence-corrected chi connectivity index (χ0v) is 15.1. The molecule has 3 heterocycles. The number of fused-ring (bicyclic) bond motifs is 2. The molecule has 2 saturated heterocycles. The predicted molar refractivity (Wildman–Crippen MR) is 96.7 cm³/mol. The number of ether oxygens (including phenoxy) is 2. The van der Waals surface area contributed by atoms with Gasteiger partial charge in [-0.1, -0.05) is 24.3 Å². The number of carbonyl (C=O) groups excluding carboxylic acids is 1. The second-order valence-electron chi connectivity index (χ2n) is 7.62. The molecule has 142 valence electrons. The fourth-order valence-corrected chi connectivity index (χ4v) is 4.20. The number of amides is 1. The summed E-state index contributed by atoms with van der Waals surface area (Å²) in [6.07, 6.45) is 2.62.